The fourth-order valence-electron chi connectivity index (χ4n) is 2.26. The number of aliphatic carboxylic acids is 1. The van der Waals surface area contributed by atoms with Crippen molar-refractivity contribution in [2.75, 3.05) is 11.9 Å². The second-order valence-electron chi connectivity index (χ2n) is 4.05. The molecule has 2 N–H and O–H groups in total. The first-order valence-electron chi connectivity index (χ1n) is 5.23. The predicted molar refractivity (Wildman–Crippen MR) is 59.3 cm³/mol. The number of benzene rings is 1. The summed E-state index contributed by atoms with van der Waals surface area (Å²) < 4.78 is 0. The second kappa shape index (κ2) is 3.93. The zero-order valence-corrected chi connectivity index (χ0v) is 8.79. The number of carboxylic acid groups (broad SMARTS) is 1. The fraction of sp³-hybridized carbons (Fsp3) is 0.417. The second-order valence-corrected chi connectivity index (χ2v) is 4.05. The molecule has 80 valence electrons. The lowest BCUT2D eigenvalue weighted by Gasteiger charge is -2.10. The van der Waals surface area contributed by atoms with Gasteiger partial charge in [0.1, 0.15) is 0 Å². The lowest BCUT2D eigenvalue weighted by Crippen LogP contribution is -2.05. The molecule has 1 atom stereocenters. The SMILES string of the molecule is Cc1cccc2c1C(CCC(=O)O)CN2. The number of aryl methyl sites for hydroxylation is 1. The van der Waals surface area contributed by atoms with Gasteiger partial charge in [0, 0.05) is 24.6 Å². The van der Waals surface area contributed by atoms with Crippen LogP contribution in [0.2, 0.25) is 0 Å². The number of hydrogen-bond acceptors (Lipinski definition) is 2. The smallest absolute Gasteiger partial charge is 0.303 e. The van der Waals surface area contributed by atoms with Crippen molar-refractivity contribution in [1.29, 1.82) is 0 Å². The van der Waals surface area contributed by atoms with Crippen LogP contribution in [0.25, 0.3) is 0 Å². The fourth-order valence-corrected chi connectivity index (χ4v) is 2.26. The minimum atomic E-state index is -0.711. The Labute approximate surface area is 89.1 Å². The molecule has 1 heterocycles. The largest absolute Gasteiger partial charge is 0.481 e. The van der Waals surface area contributed by atoms with Crippen LogP contribution >= 0.6 is 0 Å². The molecule has 0 amide bonds. The van der Waals surface area contributed by atoms with E-state index >= 15 is 0 Å². The molecule has 0 saturated heterocycles. The maximum Gasteiger partial charge on any atom is 0.303 e. The van der Waals surface area contributed by atoms with Crippen LogP contribution in [0.3, 0.4) is 0 Å². The van der Waals surface area contributed by atoms with Gasteiger partial charge in [-0.2, -0.15) is 0 Å². The molecule has 0 bridgehead atoms. The summed E-state index contributed by atoms with van der Waals surface area (Å²) in [5.41, 5.74) is 3.73. The summed E-state index contributed by atoms with van der Waals surface area (Å²) in [6.45, 7) is 2.95. The van der Waals surface area contributed by atoms with Crippen molar-refractivity contribution in [2.45, 2.75) is 25.7 Å². The van der Waals surface area contributed by atoms with Crippen LogP contribution in [0, 0.1) is 6.92 Å². The Hall–Kier alpha value is -1.51. The normalized spacial score (nSPS) is 18.3. The van der Waals surface area contributed by atoms with Crippen LogP contribution in [-0.4, -0.2) is 17.6 Å². The molecule has 0 fully saturated rings. The van der Waals surface area contributed by atoms with E-state index < -0.39 is 5.97 Å². The van der Waals surface area contributed by atoms with E-state index in [4.69, 9.17) is 5.11 Å². The maximum absolute atomic E-state index is 10.5. The van der Waals surface area contributed by atoms with Gasteiger partial charge in [-0.3, -0.25) is 4.79 Å². The monoisotopic (exact) mass is 205 g/mol. The Morgan fingerprint density at radius 3 is 3.13 bits per heavy atom. The van der Waals surface area contributed by atoms with E-state index in [2.05, 4.69) is 24.4 Å². The van der Waals surface area contributed by atoms with Crippen molar-refractivity contribution in [2.24, 2.45) is 0 Å². The van der Waals surface area contributed by atoms with Crippen molar-refractivity contribution < 1.29 is 9.90 Å². The Morgan fingerprint density at radius 1 is 1.60 bits per heavy atom. The van der Waals surface area contributed by atoms with Gasteiger partial charge in [-0.1, -0.05) is 12.1 Å². The summed E-state index contributed by atoms with van der Waals surface area (Å²) in [4.78, 5) is 10.5. The molecule has 1 aromatic rings. The standard InChI is InChI=1S/C12H15NO2/c1-8-3-2-4-10-12(8)9(7-13-10)5-6-11(14)15/h2-4,9,13H,5-7H2,1H3,(H,14,15). The van der Waals surface area contributed by atoms with Gasteiger partial charge >= 0.3 is 5.97 Å². The number of rotatable bonds is 3. The Bertz CT molecular complexity index is 387. The zero-order valence-electron chi connectivity index (χ0n) is 8.79. The van der Waals surface area contributed by atoms with Gasteiger partial charge in [-0.05, 0) is 30.5 Å². The van der Waals surface area contributed by atoms with E-state index in [-0.39, 0.29) is 6.42 Å². The molecule has 3 nitrogen and oxygen atoms in total. The summed E-state index contributed by atoms with van der Waals surface area (Å²) in [7, 11) is 0. The average Bonchev–Trinajstić information content (AvgIpc) is 2.59. The summed E-state index contributed by atoms with van der Waals surface area (Å²) in [6, 6.07) is 6.17. The molecule has 1 aliphatic heterocycles. The highest BCUT2D eigenvalue weighted by Crippen LogP contribution is 2.36. The van der Waals surface area contributed by atoms with Gasteiger partial charge in [-0.25, -0.2) is 0 Å². The number of carboxylic acids is 1. The van der Waals surface area contributed by atoms with E-state index in [0.29, 0.717) is 5.92 Å². The topological polar surface area (TPSA) is 49.3 Å². The molecule has 0 spiro atoms. The molecular formula is C12H15NO2. The predicted octanol–water partition coefficient (Wildman–Crippen LogP) is 2.37. The maximum atomic E-state index is 10.5. The molecule has 1 aromatic carbocycles. The van der Waals surface area contributed by atoms with Crippen molar-refractivity contribution >= 4 is 11.7 Å². The van der Waals surface area contributed by atoms with Gasteiger partial charge < -0.3 is 10.4 Å². The lowest BCUT2D eigenvalue weighted by atomic mass is 9.93. The molecule has 0 aromatic heterocycles. The molecule has 1 unspecified atom stereocenters. The average molecular weight is 205 g/mol. The van der Waals surface area contributed by atoms with Gasteiger partial charge in [0.05, 0.1) is 0 Å². The van der Waals surface area contributed by atoms with Crippen molar-refractivity contribution in [3.05, 3.63) is 29.3 Å². The van der Waals surface area contributed by atoms with Crippen LogP contribution < -0.4 is 5.32 Å². The zero-order chi connectivity index (χ0) is 10.8. The van der Waals surface area contributed by atoms with Crippen molar-refractivity contribution in [1.82, 2.24) is 0 Å². The Morgan fingerprint density at radius 2 is 2.40 bits per heavy atom. The van der Waals surface area contributed by atoms with Crippen LogP contribution in [0.1, 0.15) is 29.9 Å². The minimum Gasteiger partial charge on any atom is -0.481 e. The third-order valence-corrected chi connectivity index (χ3v) is 2.98. The molecule has 3 heteroatoms. The number of carbonyl (C=O) groups is 1. The van der Waals surface area contributed by atoms with Crippen LogP contribution in [-0.2, 0) is 4.79 Å². The molecule has 0 saturated carbocycles. The molecule has 0 aliphatic carbocycles. The van der Waals surface area contributed by atoms with E-state index in [1.165, 1.54) is 16.8 Å². The van der Waals surface area contributed by atoms with Crippen molar-refractivity contribution in [3.8, 4) is 0 Å². The highest BCUT2D eigenvalue weighted by Gasteiger charge is 2.23. The summed E-state index contributed by atoms with van der Waals surface area (Å²) in [5, 5.41) is 12.0. The number of anilines is 1. The quantitative estimate of drug-likeness (QED) is 0.796. The number of nitrogens with one attached hydrogen (secondary N) is 1. The van der Waals surface area contributed by atoms with Gasteiger partial charge in [-0.15, -0.1) is 0 Å². The van der Waals surface area contributed by atoms with Crippen LogP contribution in [0.4, 0.5) is 5.69 Å². The molecular weight excluding hydrogens is 190 g/mol. The first-order valence-corrected chi connectivity index (χ1v) is 5.23. The lowest BCUT2D eigenvalue weighted by molar-refractivity contribution is -0.137. The number of hydrogen-bond donors (Lipinski definition) is 2. The first-order chi connectivity index (χ1) is 7.18. The van der Waals surface area contributed by atoms with Crippen LogP contribution in [0.15, 0.2) is 18.2 Å². The van der Waals surface area contributed by atoms with Gasteiger partial charge in [0.25, 0.3) is 0 Å². The van der Waals surface area contributed by atoms with Crippen molar-refractivity contribution in [3.63, 3.8) is 0 Å². The van der Waals surface area contributed by atoms with E-state index in [1.807, 2.05) is 6.07 Å². The van der Waals surface area contributed by atoms with E-state index in [9.17, 15) is 4.79 Å². The van der Waals surface area contributed by atoms with E-state index in [1.54, 1.807) is 0 Å². The van der Waals surface area contributed by atoms with E-state index in [0.717, 1.165) is 13.0 Å². The highest BCUT2D eigenvalue weighted by atomic mass is 16.4. The highest BCUT2D eigenvalue weighted by molar-refractivity contribution is 5.67. The van der Waals surface area contributed by atoms with Crippen LogP contribution in [0.5, 0.6) is 0 Å². The summed E-state index contributed by atoms with van der Waals surface area (Å²) in [5.74, 6) is -0.352. The third-order valence-electron chi connectivity index (χ3n) is 2.98. The first kappa shape index (κ1) is 10.0. The van der Waals surface area contributed by atoms with Gasteiger partial charge in [0.15, 0.2) is 0 Å². The molecule has 15 heavy (non-hydrogen) atoms. The number of fused-ring (bicyclic) bond motifs is 1. The summed E-state index contributed by atoms with van der Waals surface area (Å²) in [6.07, 6.45) is 0.973. The Balaban J connectivity index is 2.17. The third kappa shape index (κ3) is 1.96. The minimum absolute atomic E-state index is 0.250. The molecule has 1 aliphatic rings. The van der Waals surface area contributed by atoms with Gasteiger partial charge in [0.2, 0.25) is 0 Å². The summed E-state index contributed by atoms with van der Waals surface area (Å²) >= 11 is 0. The Kier molecular flexibility index (Phi) is 2.62. The molecule has 0 radical (unpaired) electrons. The molecule has 2 rings (SSSR count).